The van der Waals surface area contributed by atoms with Gasteiger partial charge in [-0.1, -0.05) is 0 Å². The summed E-state index contributed by atoms with van der Waals surface area (Å²) in [6, 6.07) is 4.18. The normalized spacial score (nSPS) is 25.0. The molecule has 0 N–H and O–H groups in total. The zero-order valence-electron chi connectivity index (χ0n) is 13.9. The lowest BCUT2D eigenvalue weighted by Crippen LogP contribution is -2.53. The van der Waals surface area contributed by atoms with Crippen LogP contribution in [0.5, 0.6) is 0 Å². The van der Waals surface area contributed by atoms with Crippen molar-refractivity contribution in [3.63, 3.8) is 0 Å². The van der Waals surface area contributed by atoms with E-state index in [9.17, 15) is 4.79 Å². The van der Waals surface area contributed by atoms with Crippen molar-refractivity contribution >= 4 is 5.91 Å². The van der Waals surface area contributed by atoms with Gasteiger partial charge in [0.05, 0.1) is 5.41 Å². The predicted octanol–water partition coefficient (Wildman–Crippen LogP) is 2.70. The van der Waals surface area contributed by atoms with Crippen LogP contribution >= 0.6 is 0 Å². The highest BCUT2D eigenvalue weighted by Crippen LogP contribution is 2.42. The quantitative estimate of drug-likeness (QED) is 0.857. The van der Waals surface area contributed by atoms with Gasteiger partial charge in [0.25, 0.3) is 0 Å². The summed E-state index contributed by atoms with van der Waals surface area (Å²) in [5.74, 6) is 1.28. The summed E-state index contributed by atoms with van der Waals surface area (Å²) >= 11 is 0. The Balaban J connectivity index is 1.36. The maximum absolute atomic E-state index is 13.0. The number of hydrogen-bond donors (Lipinski definition) is 0. The minimum Gasteiger partial charge on any atom is -0.342 e. The Morgan fingerprint density at radius 1 is 1.09 bits per heavy atom. The second-order valence-electron chi connectivity index (χ2n) is 7.71. The summed E-state index contributed by atoms with van der Waals surface area (Å²) in [5, 5.41) is 0. The average molecular weight is 313 g/mol. The summed E-state index contributed by atoms with van der Waals surface area (Å²) in [4.78, 5) is 21.8. The molecule has 2 aliphatic heterocycles. The van der Waals surface area contributed by atoms with E-state index in [1.165, 1.54) is 24.8 Å². The van der Waals surface area contributed by atoms with E-state index in [1.54, 1.807) is 0 Å². The van der Waals surface area contributed by atoms with E-state index < -0.39 is 0 Å². The van der Waals surface area contributed by atoms with Crippen LogP contribution in [0.4, 0.5) is 0 Å². The number of piperidine rings is 2. The number of rotatable bonds is 4. The third-order valence-electron chi connectivity index (χ3n) is 5.97. The first-order valence-electron chi connectivity index (χ1n) is 9.16. The Morgan fingerprint density at radius 2 is 1.83 bits per heavy atom. The largest absolute Gasteiger partial charge is 0.342 e. The van der Waals surface area contributed by atoms with Gasteiger partial charge in [0.15, 0.2) is 0 Å². The summed E-state index contributed by atoms with van der Waals surface area (Å²) in [7, 11) is 0. The summed E-state index contributed by atoms with van der Waals surface area (Å²) in [5.41, 5.74) is 1.28. The minimum absolute atomic E-state index is 0.0398. The van der Waals surface area contributed by atoms with Crippen LogP contribution in [0, 0.1) is 11.3 Å². The fraction of sp³-hybridized carbons (Fsp3) is 0.684. The number of likely N-dealkylation sites (tertiary alicyclic amines) is 2. The van der Waals surface area contributed by atoms with Gasteiger partial charge in [-0.2, -0.15) is 0 Å². The maximum Gasteiger partial charge on any atom is 0.228 e. The average Bonchev–Trinajstić information content (AvgIpc) is 3.39. The molecule has 0 bridgehead atoms. The van der Waals surface area contributed by atoms with Crippen molar-refractivity contribution in [1.29, 1.82) is 0 Å². The van der Waals surface area contributed by atoms with Crippen molar-refractivity contribution < 1.29 is 4.79 Å². The van der Waals surface area contributed by atoms with Crippen molar-refractivity contribution in [2.24, 2.45) is 11.3 Å². The smallest absolute Gasteiger partial charge is 0.228 e. The summed E-state index contributed by atoms with van der Waals surface area (Å²) in [6.45, 7) is 5.11. The molecular formula is C19H27N3O. The van der Waals surface area contributed by atoms with Crippen LogP contribution in [0.1, 0.15) is 44.1 Å². The fourth-order valence-electron chi connectivity index (χ4n) is 4.29. The molecule has 3 fully saturated rings. The molecule has 4 rings (SSSR count). The van der Waals surface area contributed by atoms with Crippen LogP contribution in [0.2, 0.25) is 0 Å². The highest BCUT2D eigenvalue weighted by molar-refractivity contribution is 5.83. The molecule has 4 nitrogen and oxygen atoms in total. The van der Waals surface area contributed by atoms with Crippen molar-refractivity contribution in [1.82, 2.24) is 14.8 Å². The second kappa shape index (κ2) is 6.23. The number of carbonyl (C=O) groups excluding carboxylic acids is 1. The molecule has 124 valence electrons. The van der Waals surface area contributed by atoms with Crippen molar-refractivity contribution in [3.05, 3.63) is 30.1 Å². The third kappa shape index (κ3) is 3.27. The van der Waals surface area contributed by atoms with Crippen molar-refractivity contribution in [2.45, 2.75) is 45.1 Å². The van der Waals surface area contributed by atoms with Gasteiger partial charge in [-0.25, -0.2) is 0 Å². The molecule has 2 saturated heterocycles. The Kier molecular flexibility index (Phi) is 4.10. The Labute approximate surface area is 138 Å². The van der Waals surface area contributed by atoms with Gasteiger partial charge >= 0.3 is 0 Å². The molecule has 23 heavy (non-hydrogen) atoms. The number of aromatic nitrogens is 1. The molecule has 3 aliphatic rings. The molecule has 4 heteroatoms. The van der Waals surface area contributed by atoms with E-state index >= 15 is 0 Å². The lowest BCUT2D eigenvalue weighted by atomic mass is 9.71. The van der Waals surface area contributed by atoms with E-state index in [-0.39, 0.29) is 5.41 Å². The Bertz CT molecular complexity index is 547. The van der Waals surface area contributed by atoms with Crippen LogP contribution in [0.15, 0.2) is 24.5 Å². The molecule has 1 aromatic heterocycles. The van der Waals surface area contributed by atoms with Crippen molar-refractivity contribution in [2.75, 3.05) is 26.2 Å². The first kappa shape index (κ1) is 15.1. The van der Waals surface area contributed by atoms with E-state index in [0.717, 1.165) is 57.9 Å². The monoisotopic (exact) mass is 313 g/mol. The predicted molar refractivity (Wildman–Crippen MR) is 89.7 cm³/mol. The van der Waals surface area contributed by atoms with Crippen LogP contribution < -0.4 is 0 Å². The maximum atomic E-state index is 13.0. The standard InChI is InChI=1S/C19H27N3O/c23-18-19(6-1-11-22(18)15-16-2-3-16)7-12-21(13-8-19)14-17-4-9-20-10-5-17/h4-5,9-10,16H,1-3,6-8,11-15H2. The first-order chi connectivity index (χ1) is 11.3. The van der Waals surface area contributed by atoms with Crippen LogP contribution in [0.25, 0.3) is 0 Å². The zero-order chi connectivity index (χ0) is 15.7. The molecule has 0 radical (unpaired) electrons. The number of amides is 1. The molecule has 1 spiro atoms. The minimum atomic E-state index is -0.0398. The molecule has 0 atom stereocenters. The number of pyridine rings is 1. The van der Waals surface area contributed by atoms with Crippen LogP contribution in [-0.4, -0.2) is 46.9 Å². The molecule has 1 aromatic rings. The molecule has 1 aliphatic carbocycles. The van der Waals surface area contributed by atoms with E-state index in [4.69, 9.17) is 0 Å². The SMILES string of the molecule is O=C1N(CC2CC2)CCCC12CCN(Cc1ccncc1)CC2. The van der Waals surface area contributed by atoms with Gasteiger partial charge in [0, 0.05) is 32.0 Å². The van der Waals surface area contributed by atoms with Gasteiger partial charge in [-0.15, -0.1) is 0 Å². The lowest BCUT2D eigenvalue weighted by Gasteiger charge is -2.46. The first-order valence-corrected chi connectivity index (χ1v) is 9.16. The molecule has 1 amide bonds. The number of nitrogens with zero attached hydrogens (tertiary/aromatic N) is 3. The number of hydrogen-bond acceptors (Lipinski definition) is 3. The lowest BCUT2D eigenvalue weighted by molar-refractivity contribution is -0.150. The molecule has 1 saturated carbocycles. The van der Waals surface area contributed by atoms with Gasteiger partial charge in [-0.3, -0.25) is 14.7 Å². The van der Waals surface area contributed by atoms with Gasteiger partial charge in [0.1, 0.15) is 0 Å². The molecule has 0 aromatic carbocycles. The van der Waals surface area contributed by atoms with Crippen LogP contribution in [0.3, 0.4) is 0 Å². The molecule has 0 unspecified atom stereocenters. The Morgan fingerprint density at radius 3 is 2.52 bits per heavy atom. The van der Waals surface area contributed by atoms with Gasteiger partial charge in [0.2, 0.25) is 5.91 Å². The van der Waals surface area contributed by atoms with Gasteiger partial charge < -0.3 is 4.90 Å². The molecule has 3 heterocycles. The highest BCUT2D eigenvalue weighted by atomic mass is 16.2. The number of carbonyl (C=O) groups is 1. The summed E-state index contributed by atoms with van der Waals surface area (Å²) in [6.07, 6.45) is 10.8. The highest BCUT2D eigenvalue weighted by Gasteiger charge is 2.46. The molecular weight excluding hydrogens is 286 g/mol. The zero-order valence-corrected chi connectivity index (χ0v) is 13.9. The summed E-state index contributed by atoms with van der Waals surface area (Å²) < 4.78 is 0. The second-order valence-corrected chi connectivity index (χ2v) is 7.71. The van der Waals surface area contributed by atoms with E-state index in [1.807, 2.05) is 12.4 Å². The Hall–Kier alpha value is -1.42. The topological polar surface area (TPSA) is 36.4 Å². The van der Waals surface area contributed by atoms with E-state index in [2.05, 4.69) is 26.9 Å². The van der Waals surface area contributed by atoms with Crippen molar-refractivity contribution in [3.8, 4) is 0 Å². The van der Waals surface area contributed by atoms with Gasteiger partial charge in [-0.05, 0) is 75.2 Å². The van der Waals surface area contributed by atoms with Crippen LogP contribution in [-0.2, 0) is 11.3 Å². The fourth-order valence-corrected chi connectivity index (χ4v) is 4.29. The van der Waals surface area contributed by atoms with E-state index in [0.29, 0.717) is 5.91 Å². The third-order valence-corrected chi connectivity index (χ3v) is 5.97.